The minimum absolute atomic E-state index is 0.110. The fourth-order valence-corrected chi connectivity index (χ4v) is 1.88. The van der Waals surface area contributed by atoms with Crippen molar-refractivity contribution < 1.29 is 4.74 Å². The molecule has 0 aliphatic heterocycles. The highest BCUT2D eigenvalue weighted by molar-refractivity contribution is 5.50. The van der Waals surface area contributed by atoms with Gasteiger partial charge in [0.15, 0.2) is 0 Å². The van der Waals surface area contributed by atoms with E-state index >= 15 is 0 Å². The van der Waals surface area contributed by atoms with Crippen LogP contribution in [0.1, 0.15) is 11.6 Å². The van der Waals surface area contributed by atoms with E-state index in [0.29, 0.717) is 6.54 Å². The Labute approximate surface area is 108 Å². The molecule has 0 aromatic heterocycles. The number of anilines is 1. The van der Waals surface area contributed by atoms with E-state index in [1.54, 1.807) is 7.11 Å². The van der Waals surface area contributed by atoms with Crippen molar-refractivity contribution in [1.29, 1.82) is 0 Å². The molecule has 0 spiro atoms. The fourth-order valence-electron chi connectivity index (χ4n) is 1.88. The summed E-state index contributed by atoms with van der Waals surface area (Å²) in [5.41, 5.74) is 8.02. The third kappa shape index (κ3) is 3.02. The van der Waals surface area contributed by atoms with Crippen LogP contribution in [-0.4, -0.2) is 13.7 Å². The number of hydrogen-bond donors (Lipinski definition) is 2. The van der Waals surface area contributed by atoms with Gasteiger partial charge < -0.3 is 15.8 Å². The van der Waals surface area contributed by atoms with Crippen LogP contribution in [0.2, 0.25) is 0 Å². The summed E-state index contributed by atoms with van der Waals surface area (Å²) < 4.78 is 5.20. The van der Waals surface area contributed by atoms with Gasteiger partial charge in [0.2, 0.25) is 0 Å². The van der Waals surface area contributed by atoms with E-state index in [0.717, 1.165) is 11.4 Å². The normalized spacial score (nSPS) is 11.9. The van der Waals surface area contributed by atoms with Gasteiger partial charge >= 0.3 is 0 Å². The molecule has 94 valence electrons. The molecule has 2 aromatic carbocycles. The van der Waals surface area contributed by atoms with Crippen LogP contribution in [0.4, 0.5) is 5.69 Å². The summed E-state index contributed by atoms with van der Waals surface area (Å²) >= 11 is 0. The van der Waals surface area contributed by atoms with Crippen LogP contribution in [0.3, 0.4) is 0 Å². The zero-order valence-corrected chi connectivity index (χ0v) is 10.5. The van der Waals surface area contributed by atoms with E-state index in [1.165, 1.54) is 5.56 Å². The summed E-state index contributed by atoms with van der Waals surface area (Å²) in [6, 6.07) is 18.2. The van der Waals surface area contributed by atoms with Crippen LogP contribution >= 0.6 is 0 Å². The molecule has 0 amide bonds. The van der Waals surface area contributed by atoms with Crippen molar-refractivity contribution in [2.24, 2.45) is 5.73 Å². The lowest BCUT2D eigenvalue weighted by Gasteiger charge is -2.19. The Morgan fingerprint density at radius 1 is 1.11 bits per heavy atom. The Hall–Kier alpha value is -2.00. The van der Waals surface area contributed by atoms with E-state index in [4.69, 9.17) is 10.5 Å². The lowest BCUT2D eigenvalue weighted by molar-refractivity contribution is 0.415. The van der Waals surface area contributed by atoms with Gasteiger partial charge in [0.25, 0.3) is 0 Å². The van der Waals surface area contributed by atoms with Crippen molar-refractivity contribution in [1.82, 2.24) is 0 Å². The molecule has 1 unspecified atom stereocenters. The highest BCUT2D eigenvalue weighted by Gasteiger charge is 2.08. The zero-order chi connectivity index (χ0) is 12.8. The summed E-state index contributed by atoms with van der Waals surface area (Å²) in [6.07, 6.45) is 0. The van der Waals surface area contributed by atoms with Gasteiger partial charge in [0, 0.05) is 18.3 Å². The number of hydrogen-bond acceptors (Lipinski definition) is 3. The first-order valence-electron chi connectivity index (χ1n) is 5.99. The van der Waals surface area contributed by atoms with Gasteiger partial charge in [-0.05, 0) is 17.7 Å². The smallest absolute Gasteiger partial charge is 0.120 e. The third-order valence-electron chi connectivity index (χ3n) is 2.85. The van der Waals surface area contributed by atoms with Crippen molar-refractivity contribution >= 4 is 5.69 Å². The monoisotopic (exact) mass is 242 g/mol. The average molecular weight is 242 g/mol. The quantitative estimate of drug-likeness (QED) is 0.847. The molecule has 2 rings (SSSR count). The molecule has 0 aliphatic rings. The molecule has 0 bridgehead atoms. The van der Waals surface area contributed by atoms with Gasteiger partial charge in [-0.1, -0.05) is 36.4 Å². The van der Waals surface area contributed by atoms with E-state index < -0.39 is 0 Å². The number of benzene rings is 2. The van der Waals surface area contributed by atoms with Crippen LogP contribution in [0, 0.1) is 0 Å². The minimum atomic E-state index is 0.110. The van der Waals surface area contributed by atoms with Gasteiger partial charge in [-0.25, -0.2) is 0 Å². The first kappa shape index (κ1) is 12.5. The molecule has 1 atom stereocenters. The maximum atomic E-state index is 5.83. The molecule has 0 radical (unpaired) electrons. The van der Waals surface area contributed by atoms with Gasteiger partial charge in [0.05, 0.1) is 13.2 Å². The number of rotatable bonds is 5. The molecule has 2 aromatic rings. The van der Waals surface area contributed by atoms with Crippen LogP contribution in [-0.2, 0) is 0 Å². The second-order valence-corrected chi connectivity index (χ2v) is 4.08. The highest BCUT2D eigenvalue weighted by atomic mass is 16.5. The SMILES string of the molecule is COc1cccc(NC(CN)c2ccccc2)c1. The Balaban J connectivity index is 2.15. The van der Waals surface area contributed by atoms with Crippen LogP contribution in [0.15, 0.2) is 54.6 Å². The molecule has 3 nitrogen and oxygen atoms in total. The lowest BCUT2D eigenvalue weighted by Crippen LogP contribution is -2.20. The van der Waals surface area contributed by atoms with Crippen LogP contribution in [0.5, 0.6) is 5.75 Å². The number of nitrogens with two attached hydrogens (primary N) is 1. The summed E-state index contributed by atoms with van der Waals surface area (Å²) in [4.78, 5) is 0. The van der Waals surface area contributed by atoms with Crippen molar-refractivity contribution in [2.45, 2.75) is 6.04 Å². The second kappa shape index (κ2) is 6.07. The molecular weight excluding hydrogens is 224 g/mol. The summed E-state index contributed by atoms with van der Waals surface area (Å²) in [7, 11) is 1.66. The lowest BCUT2D eigenvalue weighted by atomic mass is 10.1. The molecule has 0 saturated heterocycles. The van der Waals surface area contributed by atoms with Crippen molar-refractivity contribution in [2.75, 3.05) is 19.0 Å². The van der Waals surface area contributed by atoms with Gasteiger partial charge in [-0.3, -0.25) is 0 Å². The maximum Gasteiger partial charge on any atom is 0.120 e. The second-order valence-electron chi connectivity index (χ2n) is 4.08. The van der Waals surface area contributed by atoms with Crippen molar-refractivity contribution in [3.05, 3.63) is 60.2 Å². The predicted octanol–water partition coefficient (Wildman–Crippen LogP) is 2.81. The molecule has 0 heterocycles. The number of ether oxygens (including phenoxy) is 1. The fraction of sp³-hybridized carbons (Fsp3) is 0.200. The molecule has 0 saturated carbocycles. The standard InChI is InChI=1S/C15H18N2O/c1-18-14-9-5-8-13(10-14)17-15(11-16)12-6-3-2-4-7-12/h2-10,15,17H,11,16H2,1H3. The molecule has 18 heavy (non-hydrogen) atoms. The predicted molar refractivity (Wildman–Crippen MR) is 74.9 cm³/mol. The Bertz CT molecular complexity index is 485. The summed E-state index contributed by atoms with van der Waals surface area (Å²) in [6.45, 7) is 0.543. The molecule has 3 N–H and O–H groups in total. The third-order valence-corrected chi connectivity index (χ3v) is 2.85. The van der Waals surface area contributed by atoms with Gasteiger partial charge in [-0.2, -0.15) is 0 Å². The number of nitrogens with one attached hydrogen (secondary N) is 1. The zero-order valence-electron chi connectivity index (χ0n) is 10.5. The minimum Gasteiger partial charge on any atom is -0.497 e. The van der Waals surface area contributed by atoms with E-state index in [1.807, 2.05) is 42.5 Å². The van der Waals surface area contributed by atoms with Crippen molar-refractivity contribution in [3.8, 4) is 5.75 Å². The largest absolute Gasteiger partial charge is 0.497 e. The summed E-state index contributed by atoms with van der Waals surface area (Å²) in [5, 5.41) is 3.41. The van der Waals surface area contributed by atoms with E-state index in [2.05, 4.69) is 17.4 Å². The first-order chi connectivity index (χ1) is 8.83. The highest BCUT2D eigenvalue weighted by Crippen LogP contribution is 2.22. The number of methoxy groups -OCH3 is 1. The molecule has 0 fully saturated rings. The molecule has 3 heteroatoms. The van der Waals surface area contributed by atoms with Crippen LogP contribution < -0.4 is 15.8 Å². The van der Waals surface area contributed by atoms with Crippen molar-refractivity contribution in [3.63, 3.8) is 0 Å². The topological polar surface area (TPSA) is 47.3 Å². The Kier molecular flexibility index (Phi) is 4.20. The maximum absolute atomic E-state index is 5.83. The van der Waals surface area contributed by atoms with E-state index in [-0.39, 0.29) is 6.04 Å². The van der Waals surface area contributed by atoms with Gasteiger partial charge in [0.1, 0.15) is 5.75 Å². The Morgan fingerprint density at radius 3 is 2.56 bits per heavy atom. The molecule has 0 aliphatic carbocycles. The Morgan fingerprint density at radius 2 is 1.89 bits per heavy atom. The van der Waals surface area contributed by atoms with Crippen LogP contribution in [0.25, 0.3) is 0 Å². The average Bonchev–Trinajstić information content (AvgIpc) is 2.46. The summed E-state index contributed by atoms with van der Waals surface area (Å²) in [5.74, 6) is 0.837. The van der Waals surface area contributed by atoms with E-state index in [9.17, 15) is 0 Å². The molecular formula is C15H18N2O. The first-order valence-corrected chi connectivity index (χ1v) is 5.99. The van der Waals surface area contributed by atoms with Gasteiger partial charge in [-0.15, -0.1) is 0 Å².